The second-order valence-electron chi connectivity index (χ2n) is 4.50. The molecule has 76 valence electrons. The van der Waals surface area contributed by atoms with E-state index in [1.807, 2.05) is 25.6 Å². The van der Waals surface area contributed by atoms with Gasteiger partial charge in [0.05, 0.1) is 0 Å². The Labute approximate surface area is 85.1 Å². The summed E-state index contributed by atoms with van der Waals surface area (Å²) in [6, 6.07) is 0.623. The van der Waals surface area contributed by atoms with Gasteiger partial charge in [-0.05, 0) is 6.92 Å². The molecule has 1 aliphatic heterocycles. The van der Waals surface area contributed by atoms with Crippen LogP contribution in [0.5, 0.6) is 0 Å². The number of aldehydes is 1. The molecule has 0 N–H and O–H groups in total. The topological polar surface area (TPSA) is 20.3 Å². The fourth-order valence-corrected chi connectivity index (χ4v) is 2.64. The van der Waals surface area contributed by atoms with E-state index in [0.717, 1.165) is 19.4 Å². The average Bonchev–Trinajstić information content (AvgIpc) is 2.09. The van der Waals surface area contributed by atoms with Crippen LogP contribution in [0.25, 0.3) is 0 Å². The molecule has 0 amide bonds. The number of nitrogens with zero attached hydrogens (tertiary/aromatic N) is 1. The molecule has 3 heteroatoms. The summed E-state index contributed by atoms with van der Waals surface area (Å²) in [6.45, 7) is 8.29. The second kappa shape index (κ2) is 4.47. The van der Waals surface area contributed by atoms with Crippen molar-refractivity contribution in [3.05, 3.63) is 0 Å². The lowest BCUT2D eigenvalue weighted by atomic mass is 9.94. The van der Waals surface area contributed by atoms with Crippen LogP contribution in [0.1, 0.15) is 20.8 Å². The van der Waals surface area contributed by atoms with Gasteiger partial charge < -0.3 is 4.79 Å². The van der Waals surface area contributed by atoms with Crippen LogP contribution in [0, 0.1) is 5.41 Å². The third kappa shape index (κ3) is 3.31. The quantitative estimate of drug-likeness (QED) is 0.648. The maximum atomic E-state index is 10.8. The molecule has 0 aromatic carbocycles. The Balaban J connectivity index is 2.46. The molecule has 0 saturated carbocycles. The van der Waals surface area contributed by atoms with Crippen molar-refractivity contribution in [2.45, 2.75) is 26.8 Å². The number of rotatable bonds is 3. The van der Waals surface area contributed by atoms with Crippen molar-refractivity contribution < 1.29 is 4.79 Å². The first-order chi connectivity index (χ1) is 6.05. The van der Waals surface area contributed by atoms with Gasteiger partial charge in [0.1, 0.15) is 6.29 Å². The minimum absolute atomic E-state index is 0.184. The summed E-state index contributed by atoms with van der Waals surface area (Å²) in [7, 11) is 0. The molecule has 1 aliphatic rings. The minimum Gasteiger partial charge on any atom is -0.303 e. The van der Waals surface area contributed by atoms with Gasteiger partial charge in [0.2, 0.25) is 0 Å². The Morgan fingerprint density at radius 1 is 1.62 bits per heavy atom. The van der Waals surface area contributed by atoms with Crippen LogP contribution in [0.15, 0.2) is 0 Å². The number of carbonyl (C=O) groups is 1. The van der Waals surface area contributed by atoms with Crippen LogP contribution in [0.4, 0.5) is 0 Å². The molecule has 1 saturated heterocycles. The molecular formula is C10H19NOS. The van der Waals surface area contributed by atoms with Gasteiger partial charge in [0.15, 0.2) is 0 Å². The molecule has 2 nitrogen and oxygen atoms in total. The standard InChI is InChI=1S/C10H19NOS/c1-9-6-13-5-4-11(9)7-10(2,3)8-12/h8-9H,4-7H2,1-3H3. The normalized spacial score (nSPS) is 25.9. The Morgan fingerprint density at radius 3 is 2.85 bits per heavy atom. The smallest absolute Gasteiger partial charge is 0.126 e. The van der Waals surface area contributed by atoms with Gasteiger partial charge in [-0.25, -0.2) is 0 Å². The first-order valence-electron chi connectivity index (χ1n) is 4.83. The monoisotopic (exact) mass is 201 g/mol. The molecule has 0 aromatic rings. The third-order valence-corrected chi connectivity index (χ3v) is 3.62. The summed E-state index contributed by atoms with van der Waals surface area (Å²) < 4.78 is 0. The second-order valence-corrected chi connectivity index (χ2v) is 5.65. The van der Waals surface area contributed by atoms with Crippen molar-refractivity contribution >= 4 is 18.0 Å². The molecule has 1 atom stereocenters. The van der Waals surface area contributed by atoms with Gasteiger partial charge in [0.25, 0.3) is 0 Å². The van der Waals surface area contributed by atoms with Crippen molar-refractivity contribution in [2.75, 3.05) is 24.6 Å². The van der Waals surface area contributed by atoms with Gasteiger partial charge >= 0.3 is 0 Å². The van der Waals surface area contributed by atoms with E-state index < -0.39 is 0 Å². The fraction of sp³-hybridized carbons (Fsp3) is 0.900. The fourth-order valence-electron chi connectivity index (χ4n) is 1.56. The average molecular weight is 201 g/mol. The maximum Gasteiger partial charge on any atom is 0.126 e. The Bertz CT molecular complexity index is 182. The lowest BCUT2D eigenvalue weighted by Crippen LogP contribution is -2.45. The van der Waals surface area contributed by atoms with Crippen molar-refractivity contribution in [3.8, 4) is 0 Å². The van der Waals surface area contributed by atoms with Crippen LogP contribution in [0.2, 0.25) is 0 Å². The highest BCUT2D eigenvalue weighted by atomic mass is 32.2. The molecule has 0 aromatic heterocycles. The number of hydrogen-bond donors (Lipinski definition) is 0. The van der Waals surface area contributed by atoms with Crippen LogP contribution in [0.3, 0.4) is 0 Å². The van der Waals surface area contributed by atoms with E-state index in [4.69, 9.17) is 0 Å². The minimum atomic E-state index is -0.184. The Morgan fingerprint density at radius 2 is 2.31 bits per heavy atom. The van der Waals surface area contributed by atoms with E-state index in [1.165, 1.54) is 11.5 Å². The van der Waals surface area contributed by atoms with Gasteiger partial charge in [-0.15, -0.1) is 0 Å². The third-order valence-electron chi connectivity index (χ3n) is 2.43. The van der Waals surface area contributed by atoms with Crippen molar-refractivity contribution in [3.63, 3.8) is 0 Å². The summed E-state index contributed by atoms with van der Waals surface area (Å²) in [6.07, 6.45) is 1.07. The molecule has 0 aliphatic carbocycles. The predicted molar refractivity (Wildman–Crippen MR) is 58.2 cm³/mol. The van der Waals surface area contributed by atoms with Crippen molar-refractivity contribution in [1.82, 2.24) is 4.90 Å². The van der Waals surface area contributed by atoms with E-state index in [2.05, 4.69) is 11.8 Å². The predicted octanol–water partition coefficient (Wildman–Crippen LogP) is 1.65. The zero-order chi connectivity index (χ0) is 9.90. The molecule has 0 bridgehead atoms. The largest absolute Gasteiger partial charge is 0.303 e. The molecular weight excluding hydrogens is 182 g/mol. The first kappa shape index (κ1) is 11.1. The molecule has 1 fully saturated rings. The number of carbonyl (C=O) groups excluding carboxylic acids is 1. The van der Waals surface area contributed by atoms with Crippen LogP contribution < -0.4 is 0 Å². The lowest BCUT2D eigenvalue weighted by Gasteiger charge is -2.36. The molecule has 1 rings (SSSR count). The zero-order valence-electron chi connectivity index (χ0n) is 8.75. The SMILES string of the molecule is CC1CSCCN1CC(C)(C)C=O. The van der Waals surface area contributed by atoms with Gasteiger partial charge in [-0.1, -0.05) is 13.8 Å². The van der Waals surface area contributed by atoms with E-state index in [1.54, 1.807) is 0 Å². The highest BCUT2D eigenvalue weighted by Gasteiger charge is 2.25. The lowest BCUT2D eigenvalue weighted by molar-refractivity contribution is -0.115. The molecule has 13 heavy (non-hydrogen) atoms. The molecule has 0 spiro atoms. The summed E-state index contributed by atoms with van der Waals surface area (Å²) in [5.74, 6) is 2.41. The van der Waals surface area contributed by atoms with E-state index >= 15 is 0 Å². The number of hydrogen-bond acceptors (Lipinski definition) is 3. The highest BCUT2D eigenvalue weighted by Crippen LogP contribution is 2.21. The zero-order valence-corrected chi connectivity index (χ0v) is 9.56. The van der Waals surface area contributed by atoms with E-state index in [9.17, 15) is 4.79 Å². The maximum absolute atomic E-state index is 10.8. The molecule has 0 radical (unpaired) electrons. The Hall–Kier alpha value is -0.0200. The molecule has 1 unspecified atom stereocenters. The number of thioether (sulfide) groups is 1. The van der Waals surface area contributed by atoms with Crippen LogP contribution in [-0.2, 0) is 4.79 Å². The summed E-state index contributed by atoms with van der Waals surface area (Å²) in [4.78, 5) is 13.2. The van der Waals surface area contributed by atoms with Gasteiger partial charge in [-0.2, -0.15) is 11.8 Å². The summed E-state index contributed by atoms with van der Waals surface area (Å²) >= 11 is 2.01. The van der Waals surface area contributed by atoms with Gasteiger partial charge in [-0.3, -0.25) is 4.90 Å². The van der Waals surface area contributed by atoms with Crippen LogP contribution >= 0.6 is 11.8 Å². The Kier molecular flexibility index (Phi) is 3.80. The first-order valence-corrected chi connectivity index (χ1v) is 5.99. The summed E-state index contributed by atoms with van der Waals surface area (Å²) in [5.41, 5.74) is -0.184. The molecule has 1 heterocycles. The highest BCUT2D eigenvalue weighted by molar-refractivity contribution is 7.99. The van der Waals surface area contributed by atoms with Crippen molar-refractivity contribution in [2.24, 2.45) is 5.41 Å². The van der Waals surface area contributed by atoms with Crippen LogP contribution in [-0.4, -0.2) is 41.8 Å². The van der Waals surface area contributed by atoms with Gasteiger partial charge in [0, 0.05) is 36.1 Å². The van der Waals surface area contributed by atoms with Crippen molar-refractivity contribution in [1.29, 1.82) is 0 Å². The van der Waals surface area contributed by atoms with E-state index in [0.29, 0.717) is 6.04 Å². The van der Waals surface area contributed by atoms with E-state index in [-0.39, 0.29) is 5.41 Å². The summed E-state index contributed by atoms with van der Waals surface area (Å²) in [5, 5.41) is 0.